The van der Waals surface area contributed by atoms with Crippen molar-refractivity contribution in [3.05, 3.63) is 0 Å². The zero-order valence-electron chi connectivity index (χ0n) is 18.5. The van der Waals surface area contributed by atoms with Gasteiger partial charge >= 0.3 is 5.97 Å². The lowest BCUT2D eigenvalue weighted by Crippen LogP contribution is -2.13. The fraction of sp³-hybridized carbons (Fsp3) is 0.955. The molecule has 0 aromatic carbocycles. The Balaban J connectivity index is 3.06. The van der Waals surface area contributed by atoms with E-state index in [0.29, 0.717) is 59.1 Å². The quantitative estimate of drug-likeness (QED) is 0.195. The molecule has 0 unspecified atom stereocenters. The van der Waals surface area contributed by atoms with Crippen LogP contribution in [-0.4, -0.2) is 64.9 Å². The third-order valence-corrected chi connectivity index (χ3v) is 4.04. The average molecular weight is 405 g/mol. The molecule has 0 N–H and O–H groups in total. The van der Waals surface area contributed by atoms with Crippen LogP contribution in [-0.2, 0) is 28.5 Å². The summed E-state index contributed by atoms with van der Waals surface area (Å²) in [5.74, 6) is -0.168. The van der Waals surface area contributed by atoms with Crippen LogP contribution in [0.25, 0.3) is 0 Å². The predicted molar refractivity (Wildman–Crippen MR) is 112 cm³/mol. The largest absolute Gasteiger partial charge is 0.463 e. The summed E-state index contributed by atoms with van der Waals surface area (Å²) in [5.41, 5.74) is 0. The van der Waals surface area contributed by atoms with Gasteiger partial charge in [-0.2, -0.15) is 0 Å². The molecule has 0 atom stereocenters. The van der Waals surface area contributed by atoms with E-state index in [1.54, 1.807) is 0 Å². The first-order chi connectivity index (χ1) is 13.7. The zero-order valence-corrected chi connectivity index (χ0v) is 18.5. The van der Waals surface area contributed by atoms with E-state index in [1.807, 2.05) is 13.8 Å². The first-order valence-electron chi connectivity index (χ1n) is 11.2. The number of hydrogen-bond donors (Lipinski definition) is 0. The van der Waals surface area contributed by atoms with Crippen molar-refractivity contribution < 1.29 is 28.5 Å². The van der Waals surface area contributed by atoms with E-state index >= 15 is 0 Å². The van der Waals surface area contributed by atoms with Gasteiger partial charge in [0.25, 0.3) is 0 Å². The molecule has 28 heavy (non-hydrogen) atoms. The van der Waals surface area contributed by atoms with E-state index in [2.05, 4.69) is 6.92 Å². The van der Waals surface area contributed by atoms with Gasteiger partial charge in [0, 0.05) is 19.6 Å². The van der Waals surface area contributed by atoms with E-state index in [-0.39, 0.29) is 12.1 Å². The van der Waals surface area contributed by atoms with Gasteiger partial charge in [-0.1, -0.05) is 45.4 Å². The van der Waals surface area contributed by atoms with E-state index in [4.69, 9.17) is 23.7 Å². The second kappa shape index (κ2) is 22.6. The van der Waals surface area contributed by atoms with Gasteiger partial charge in [-0.3, -0.25) is 4.79 Å². The summed E-state index contributed by atoms with van der Waals surface area (Å²) >= 11 is 0. The van der Waals surface area contributed by atoms with Gasteiger partial charge in [0.1, 0.15) is 0 Å². The van der Waals surface area contributed by atoms with Crippen LogP contribution in [0.1, 0.15) is 78.6 Å². The van der Waals surface area contributed by atoms with Crippen LogP contribution in [0.4, 0.5) is 0 Å². The van der Waals surface area contributed by atoms with Crippen LogP contribution < -0.4 is 0 Å². The van der Waals surface area contributed by atoms with Crippen LogP contribution in [0, 0.1) is 0 Å². The topological polar surface area (TPSA) is 63.2 Å². The smallest absolute Gasteiger partial charge is 0.306 e. The van der Waals surface area contributed by atoms with Gasteiger partial charge in [-0.15, -0.1) is 0 Å². The van der Waals surface area contributed by atoms with Gasteiger partial charge in [0.15, 0.2) is 0 Å². The number of carbonyl (C=O) groups excluding carboxylic acids is 1. The Morgan fingerprint density at radius 1 is 0.607 bits per heavy atom. The molecule has 0 bridgehead atoms. The van der Waals surface area contributed by atoms with Crippen molar-refractivity contribution in [1.82, 2.24) is 0 Å². The molecule has 0 radical (unpaired) electrons. The van der Waals surface area contributed by atoms with Gasteiger partial charge in [-0.05, 0) is 26.7 Å². The lowest BCUT2D eigenvalue weighted by atomic mass is 10.1. The molecule has 0 aliphatic heterocycles. The maximum atomic E-state index is 11.3. The highest BCUT2D eigenvalue weighted by molar-refractivity contribution is 5.69. The minimum absolute atomic E-state index is 0.0549. The number of rotatable bonds is 22. The number of carbonyl (C=O) groups is 1. The average Bonchev–Trinajstić information content (AvgIpc) is 2.66. The molecule has 0 aliphatic rings. The number of unbranched alkanes of at least 4 members (excludes halogenated alkanes) is 6. The molecule has 6 heteroatoms. The monoisotopic (exact) mass is 404 g/mol. The third-order valence-electron chi connectivity index (χ3n) is 4.04. The summed E-state index contributed by atoms with van der Waals surface area (Å²) in [6.45, 7) is 10.8. The predicted octanol–water partition coefficient (Wildman–Crippen LogP) is 4.54. The van der Waals surface area contributed by atoms with Crippen LogP contribution in [0.3, 0.4) is 0 Å². The molecule has 6 nitrogen and oxygen atoms in total. The molecule has 0 fully saturated rings. The maximum Gasteiger partial charge on any atom is 0.306 e. The molecule has 0 rings (SSSR count). The zero-order chi connectivity index (χ0) is 20.7. The highest BCUT2D eigenvalue weighted by Gasteiger charge is 2.04. The molecule has 0 heterocycles. The van der Waals surface area contributed by atoms with Crippen LogP contribution in [0.2, 0.25) is 0 Å². The van der Waals surface area contributed by atoms with Crippen molar-refractivity contribution in [2.75, 3.05) is 52.9 Å². The first-order valence-corrected chi connectivity index (χ1v) is 11.2. The first kappa shape index (κ1) is 27.3. The fourth-order valence-corrected chi connectivity index (χ4v) is 2.56. The molecule has 0 amide bonds. The summed E-state index contributed by atoms with van der Waals surface area (Å²) in [6, 6.07) is 0. The minimum Gasteiger partial charge on any atom is -0.463 e. The fourth-order valence-electron chi connectivity index (χ4n) is 2.56. The van der Waals surface area contributed by atoms with Gasteiger partial charge < -0.3 is 23.7 Å². The Bertz CT molecular complexity index is 322. The molecule has 0 saturated heterocycles. The summed E-state index contributed by atoms with van der Waals surface area (Å²) in [6.07, 6.45) is 10.1. The van der Waals surface area contributed by atoms with E-state index in [9.17, 15) is 4.79 Å². The maximum absolute atomic E-state index is 11.3. The van der Waals surface area contributed by atoms with Gasteiger partial charge in [0.2, 0.25) is 0 Å². The molecule has 0 aliphatic carbocycles. The molecule has 0 spiro atoms. The Morgan fingerprint density at radius 3 is 1.54 bits per heavy atom. The molecule has 0 saturated carbocycles. The summed E-state index contributed by atoms with van der Waals surface area (Å²) in [7, 11) is 0. The molecular weight excluding hydrogens is 360 g/mol. The highest BCUT2D eigenvalue weighted by Crippen LogP contribution is 2.06. The van der Waals surface area contributed by atoms with E-state index in [0.717, 1.165) is 13.0 Å². The Morgan fingerprint density at radius 2 is 1.04 bits per heavy atom. The molecule has 0 aromatic heterocycles. The second-order valence-electron chi connectivity index (χ2n) is 7.21. The van der Waals surface area contributed by atoms with Crippen molar-refractivity contribution >= 4 is 5.97 Å². The third kappa shape index (κ3) is 23.3. The molecule has 0 aromatic rings. The molecular formula is C22H44O6. The van der Waals surface area contributed by atoms with Crippen LogP contribution >= 0.6 is 0 Å². The van der Waals surface area contributed by atoms with Gasteiger partial charge in [-0.25, -0.2) is 0 Å². The Hall–Kier alpha value is -0.690. The molecule has 168 valence electrons. The second-order valence-corrected chi connectivity index (χ2v) is 7.21. The van der Waals surface area contributed by atoms with Crippen LogP contribution in [0.5, 0.6) is 0 Å². The lowest BCUT2D eigenvalue weighted by molar-refractivity contribution is -0.147. The standard InChI is InChI=1S/C22H44O6/c1-4-5-6-7-8-9-10-13-24-15-17-26-19-20-27-18-16-25-14-11-12-22(23)28-21(2)3/h21H,4-20H2,1-3H3. The number of ether oxygens (including phenoxy) is 5. The van der Waals surface area contributed by atoms with Crippen LogP contribution in [0.15, 0.2) is 0 Å². The SMILES string of the molecule is CCCCCCCCCOCCOCCOCCOCCCC(=O)OC(C)C. The van der Waals surface area contributed by atoms with E-state index in [1.165, 1.54) is 38.5 Å². The van der Waals surface area contributed by atoms with Crippen molar-refractivity contribution in [2.45, 2.75) is 84.7 Å². The minimum atomic E-state index is -0.168. The lowest BCUT2D eigenvalue weighted by Gasteiger charge is -2.08. The Labute approximate surface area is 172 Å². The van der Waals surface area contributed by atoms with Crippen molar-refractivity contribution in [3.8, 4) is 0 Å². The number of esters is 1. The summed E-state index contributed by atoms with van der Waals surface area (Å²) in [4.78, 5) is 11.3. The Kier molecular flexibility index (Phi) is 22.0. The number of hydrogen-bond acceptors (Lipinski definition) is 6. The summed E-state index contributed by atoms with van der Waals surface area (Å²) < 4.78 is 26.9. The normalized spacial score (nSPS) is 11.3. The van der Waals surface area contributed by atoms with Crippen molar-refractivity contribution in [1.29, 1.82) is 0 Å². The van der Waals surface area contributed by atoms with Crippen molar-refractivity contribution in [3.63, 3.8) is 0 Å². The van der Waals surface area contributed by atoms with Gasteiger partial charge in [0.05, 0.1) is 45.7 Å². The van der Waals surface area contributed by atoms with Crippen molar-refractivity contribution in [2.24, 2.45) is 0 Å². The summed E-state index contributed by atoms with van der Waals surface area (Å²) in [5, 5.41) is 0. The van der Waals surface area contributed by atoms with E-state index < -0.39 is 0 Å². The highest BCUT2D eigenvalue weighted by atomic mass is 16.6.